The second-order valence-corrected chi connectivity index (χ2v) is 7.56. The zero-order valence-electron chi connectivity index (χ0n) is 18.3. The Labute approximate surface area is 176 Å². The number of aromatic nitrogens is 3. The zero-order valence-corrected chi connectivity index (χ0v) is 18.3. The Morgan fingerprint density at radius 2 is 1.77 bits per heavy atom. The molecule has 3 rings (SSSR count). The highest BCUT2D eigenvalue weighted by Gasteiger charge is 2.24. The first kappa shape index (κ1) is 21.4. The van der Waals surface area contributed by atoms with Crippen LogP contribution in [-0.4, -0.2) is 32.3 Å². The molecule has 0 aliphatic heterocycles. The highest BCUT2D eigenvalue weighted by atomic mass is 16.5. The number of ether oxygens (including phenoxy) is 1. The summed E-state index contributed by atoms with van der Waals surface area (Å²) in [7, 11) is 1.81. The quantitative estimate of drug-likeness (QED) is 0.631. The summed E-state index contributed by atoms with van der Waals surface area (Å²) in [4.78, 5) is 25.3. The van der Waals surface area contributed by atoms with Gasteiger partial charge in [0.1, 0.15) is 0 Å². The molecule has 0 bridgehead atoms. The van der Waals surface area contributed by atoms with Gasteiger partial charge >= 0.3 is 5.97 Å². The van der Waals surface area contributed by atoms with Gasteiger partial charge in [0.05, 0.1) is 22.6 Å². The SMILES string of the molecule is Cc1nn(C)c(C)c1NC(=O)[C@@H](C)OC(=O)c1cc(C)n(Cc2ccccc2)c1C. The van der Waals surface area contributed by atoms with Gasteiger partial charge in [-0.3, -0.25) is 9.48 Å². The maximum Gasteiger partial charge on any atom is 0.340 e. The Balaban J connectivity index is 1.71. The summed E-state index contributed by atoms with van der Waals surface area (Å²) >= 11 is 0. The van der Waals surface area contributed by atoms with Gasteiger partial charge < -0.3 is 14.6 Å². The smallest absolute Gasteiger partial charge is 0.340 e. The molecule has 1 N–H and O–H groups in total. The van der Waals surface area contributed by atoms with Crippen LogP contribution >= 0.6 is 0 Å². The predicted molar refractivity (Wildman–Crippen MR) is 116 cm³/mol. The van der Waals surface area contributed by atoms with Crippen LogP contribution < -0.4 is 5.32 Å². The zero-order chi connectivity index (χ0) is 22.0. The number of rotatable bonds is 6. The van der Waals surface area contributed by atoms with Gasteiger partial charge in [0.25, 0.3) is 5.91 Å². The molecule has 0 saturated heterocycles. The van der Waals surface area contributed by atoms with E-state index in [0.717, 1.165) is 22.6 Å². The van der Waals surface area contributed by atoms with E-state index in [1.54, 1.807) is 17.7 Å². The van der Waals surface area contributed by atoms with Crippen molar-refractivity contribution in [3.63, 3.8) is 0 Å². The maximum absolute atomic E-state index is 12.8. The third kappa shape index (κ3) is 4.30. The lowest BCUT2D eigenvalue weighted by molar-refractivity contribution is -0.123. The van der Waals surface area contributed by atoms with Crippen molar-refractivity contribution in [3.05, 3.63) is 70.3 Å². The molecule has 1 aromatic carbocycles. The topological polar surface area (TPSA) is 78.2 Å². The van der Waals surface area contributed by atoms with Gasteiger partial charge in [-0.2, -0.15) is 5.10 Å². The average Bonchev–Trinajstić information content (AvgIpc) is 3.12. The number of carbonyl (C=O) groups is 2. The molecule has 0 saturated carbocycles. The number of esters is 1. The van der Waals surface area contributed by atoms with Crippen LogP contribution in [0.5, 0.6) is 0 Å². The van der Waals surface area contributed by atoms with Crippen LogP contribution in [0.25, 0.3) is 0 Å². The first-order chi connectivity index (χ1) is 14.2. The van der Waals surface area contributed by atoms with E-state index < -0.39 is 12.1 Å². The molecule has 0 fully saturated rings. The van der Waals surface area contributed by atoms with Crippen LogP contribution in [0.1, 0.15) is 45.6 Å². The monoisotopic (exact) mass is 408 g/mol. The Kier molecular flexibility index (Phi) is 6.10. The lowest BCUT2D eigenvalue weighted by Crippen LogP contribution is -2.30. The van der Waals surface area contributed by atoms with E-state index in [2.05, 4.69) is 15.0 Å². The average molecular weight is 409 g/mol. The Morgan fingerprint density at radius 1 is 1.10 bits per heavy atom. The molecule has 0 spiro atoms. The van der Waals surface area contributed by atoms with E-state index in [9.17, 15) is 9.59 Å². The number of aryl methyl sites for hydroxylation is 3. The van der Waals surface area contributed by atoms with Crippen molar-refractivity contribution in [2.24, 2.45) is 7.05 Å². The molecule has 1 amide bonds. The second kappa shape index (κ2) is 8.57. The van der Waals surface area contributed by atoms with Gasteiger partial charge in [-0.05, 0) is 46.2 Å². The van der Waals surface area contributed by atoms with Crippen molar-refractivity contribution in [2.45, 2.75) is 47.3 Å². The Morgan fingerprint density at radius 3 is 2.37 bits per heavy atom. The number of anilines is 1. The van der Waals surface area contributed by atoms with E-state index in [0.29, 0.717) is 23.5 Å². The van der Waals surface area contributed by atoms with Crippen LogP contribution in [-0.2, 0) is 23.1 Å². The summed E-state index contributed by atoms with van der Waals surface area (Å²) in [6.07, 6.45) is -0.936. The summed E-state index contributed by atoms with van der Waals surface area (Å²) in [6, 6.07) is 11.9. The fourth-order valence-corrected chi connectivity index (χ4v) is 3.47. The van der Waals surface area contributed by atoms with E-state index >= 15 is 0 Å². The summed E-state index contributed by atoms with van der Waals surface area (Å²) < 4.78 is 9.23. The van der Waals surface area contributed by atoms with E-state index in [1.165, 1.54) is 0 Å². The number of hydrogen-bond acceptors (Lipinski definition) is 4. The molecular weight excluding hydrogens is 380 g/mol. The molecule has 3 aromatic rings. The Bertz CT molecular complexity index is 1080. The lowest BCUT2D eigenvalue weighted by atomic mass is 10.2. The van der Waals surface area contributed by atoms with Gasteiger partial charge in [-0.25, -0.2) is 4.79 Å². The van der Waals surface area contributed by atoms with Crippen LogP contribution in [0.2, 0.25) is 0 Å². The number of nitrogens with one attached hydrogen (secondary N) is 1. The van der Waals surface area contributed by atoms with Crippen LogP contribution in [0.3, 0.4) is 0 Å². The fraction of sp³-hybridized carbons (Fsp3) is 0.348. The number of nitrogens with zero attached hydrogens (tertiary/aromatic N) is 3. The largest absolute Gasteiger partial charge is 0.449 e. The summed E-state index contributed by atoms with van der Waals surface area (Å²) in [5, 5.41) is 7.10. The normalized spacial score (nSPS) is 11.9. The maximum atomic E-state index is 12.8. The second-order valence-electron chi connectivity index (χ2n) is 7.56. The van der Waals surface area contributed by atoms with Crippen molar-refractivity contribution < 1.29 is 14.3 Å². The fourth-order valence-electron chi connectivity index (χ4n) is 3.47. The minimum atomic E-state index is -0.936. The minimum absolute atomic E-state index is 0.388. The third-order valence-electron chi connectivity index (χ3n) is 5.39. The molecule has 0 radical (unpaired) electrons. The molecule has 30 heavy (non-hydrogen) atoms. The molecule has 0 aliphatic rings. The van der Waals surface area contributed by atoms with Crippen LogP contribution in [0.15, 0.2) is 36.4 Å². The lowest BCUT2D eigenvalue weighted by Gasteiger charge is -2.14. The molecule has 7 heteroatoms. The highest BCUT2D eigenvalue weighted by molar-refractivity contribution is 5.98. The van der Waals surface area contributed by atoms with Crippen molar-refractivity contribution in [2.75, 3.05) is 5.32 Å². The first-order valence-electron chi connectivity index (χ1n) is 9.91. The highest BCUT2D eigenvalue weighted by Crippen LogP contribution is 2.21. The van der Waals surface area contributed by atoms with Crippen molar-refractivity contribution in [1.29, 1.82) is 0 Å². The van der Waals surface area contributed by atoms with Crippen molar-refractivity contribution in [3.8, 4) is 0 Å². The van der Waals surface area contributed by atoms with E-state index in [1.807, 2.05) is 65.1 Å². The van der Waals surface area contributed by atoms with Gasteiger partial charge in [0, 0.05) is 25.0 Å². The third-order valence-corrected chi connectivity index (χ3v) is 5.39. The molecule has 7 nitrogen and oxygen atoms in total. The van der Waals surface area contributed by atoms with E-state index in [4.69, 9.17) is 4.74 Å². The van der Waals surface area contributed by atoms with Gasteiger partial charge in [0.15, 0.2) is 6.10 Å². The van der Waals surface area contributed by atoms with Crippen molar-refractivity contribution >= 4 is 17.6 Å². The van der Waals surface area contributed by atoms with Crippen LogP contribution in [0, 0.1) is 27.7 Å². The molecule has 0 aliphatic carbocycles. The number of carbonyl (C=O) groups excluding carboxylic acids is 2. The molecule has 2 aromatic heterocycles. The Hall–Kier alpha value is -3.35. The van der Waals surface area contributed by atoms with Crippen molar-refractivity contribution in [1.82, 2.24) is 14.3 Å². The first-order valence-corrected chi connectivity index (χ1v) is 9.91. The van der Waals surface area contributed by atoms with Gasteiger partial charge in [-0.15, -0.1) is 0 Å². The molecule has 2 heterocycles. The molecule has 158 valence electrons. The standard InChI is InChI=1S/C23H28N4O3/c1-14-12-20(16(3)27(14)13-19-10-8-7-9-11-19)23(29)30-18(5)22(28)24-21-15(2)25-26(6)17(21)4/h7-12,18H,13H2,1-6H3,(H,24,28)/t18-/m1/s1. The number of benzene rings is 1. The summed E-state index contributed by atoms with van der Waals surface area (Å²) in [5.41, 5.74) is 5.59. The number of amides is 1. The van der Waals surface area contributed by atoms with Gasteiger partial charge in [0.2, 0.25) is 0 Å². The summed E-state index contributed by atoms with van der Waals surface area (Å²) in [5.74, 6) is -0.898. The molecular formula is C23H28N4O3. The van der Waals surface area contributed by atoms with Gasteiger partial charge in [-0.1, -0.05) is 30.3 Å². The minimum Gasteiger partial charge on any atom is -0.449 e. The van der Waals surface area contributed by atoms with E-state index in [-0.39, 0.29) is 5.91 Å². The molecule has 0 unspecified atom stereocenters. The summed E-state index contributed by atoms with van der Waals surface area (Å²) in [6.45, 7) is 9.77. The number of hydrogen-bond donors (Lipinski definition) is 1. The molecule has 1 atom stereocenters. The van der Waals surface area contributed by atoms with Crippen LogP contribution in [0.4, 0.5) is 5.69 Å². The predicted octanol–water partition coefficient (Wildman–Crippen LogP) is 3.69.